The highest BCUT2D eigenvalue weighted by Crippen LogP contribution is 2.29. The lowest BCUT2D eigenvalue weighted by atomic mass is 9.99. The summed E-state index contributed by atoms with van der Waals surface area (Å²) < 4.78 is 24.1. The van der Waals surface area contributed by atoms with Crippen molar-refractivity contribution in [2.24, 2.45) is 5.73 Å². The first-order valence-corrected chi connectivity index (χ1v) is 7.03. The van der Waals surface area contributed by atoms with Gasteiger partial charge in [0.15, 0.2) is 11.6 Å². The van der Waals surface area contributed by atoms with E-state index < -0.39 is 0 Å². The van der Waals surface area contributed by atoms with Crippen LogP contribution in [0, 0.1) is 5.82 Å². The monoisotopic (exact) mass is 287 g/mol. The summed E-state index contributed by atoms with van der Waals surface area (Å²) in [7, 11) is 1.44. The highest BCUT2D eigenvalue weighted by molar-refractivity contribution is 5.39. The SMILES string of the molecule is COc1cc(C(N)c2ccc(OC3CC3)cc2)ccc1F. The molecular formula is C17H18FNO2. The summed E-state index contributed by atoms with van der Waals surface area (Å²) in [5.74, 6) is 0.684. The molecular weight excluding hydrogens is 269 g/mol. The van der Waals surface area contributed by atoms with Crippen molar-refractivity contribution in [1.29, 1.82) is 0 Å². The van der Waals surface area contributed by atoms with E-state index in [2.05, 4.69) is 0 Å². The van der Waals surface area contributed by atoms with Crippen molar-refractivity contribution in [3.05, 3.63) is 59.4 Å². The van der Waals surface area contributed by atoms with Crippen LogP contribution in [0.2, 0.25) is 0 Å². The molecule has 0 amide bonds. The Hall–Kier alpha value is -2.07. The van der Waals surface area contributed by atoms with Crippen LogP contribution in [0.4, 0.5) is 4.39 Å². The van der Waals surface area contributed by atoms with Gasteiger partial charge in [-0.1, -0.05) is 18.2 Å². The van der Waals surface area contributed by atoms with E-state index in [4.69, 9.17) is 15.2 Å². The van der Waals surface area contributed by atoms with Crippen LogP contribution >= 0.6 is 0 Å². The molecule has 110 valence electrons. The highest BCUT2D eigenvalue weighted by atomic mass is 19.1. The normalized spacial score (nSPS) is 15.6. The Kier molecular flexibility index (Phi) is 3.80. The van der Waals surface area contributed by atoms with Crippen LogP contribution in [0.15, 0.2) is 42.5 Å². The molecule has 4 heteroatoms. The Labute approximate surface area is 123 Å². The molecule has 21 heavy (non-hydrogen) atoms. The molecule has 2 aromatic rings. The molecule has 0 aromatic heterocycles. The van der Waals surface area contributed by atoms with Gasteiger partial charge in [0.2, 0.25) is 0 Å². The van der Waals surface area contributed by atoms with Crippen molar-refractivity contribution in [1.82, 2.24) is 0 Å². The van der Waals surface area contributed by atoms with Gasteiger partial charge in [0, 0.05) is 0 Å². The molecule has 1 aliphatic carbocycles. The first kappa shape index (κ1) is 13.9. The van der Waals surface area contributed by atoms with Gasteiger partial charge in [0.1, 0.15) is 5.75 Å². The zero-order valence-corrected chi connectivity index (χ0v) is 11.9. The lowest BCUT2D eigenvalue weighted by molar-refractivity contribution is 0.303. The molecule has 1 atom stereocenters. The second-order valence-corrected chi connectivity index (χ2v) is 5.26. The van der Waals surface area contributed by atoms with Crippen molar-refractivity contribution >= 4 is 0 Å². The lowest BCUT2D eigenvalue weighted by Crippen LogP contribution is -2.12. The molecule has 0 bridgehead atoms. The maximum atomic E-state index is 13.4. The van der Waals surface area contributed by atoms with Gasteiger partial charge in [-0.25, -0.2) is 4.39 Å². The van der Waals surface area contributed by atoms with Crippen LogP contribution in [-0.2, 0) is 0 Å². The molecule has 0 saturated heterocycles. The topological polar surface area (TPSA) is 44.5 Å². The predicted molar refractivity (Wildman–Crippen MR) is 79.1 cm³/mol. The number of hydrogen-bond donors (Lipinski definition) is 1. The van der Waals surface area contributed by atoms with Crippen LogP contribution in [0.25, 0.3) is 0 Å². The van der Waals surface area contributed by atoms with Crippen molar-refractivity contribution < 1.29 is 13.9 Å². The smallest absolute Gasteiger partial charge is 0.165 e. The number of hydrogen-bond acceptors (Lipinski definition) is 3. The van der Waals surface area contributed by atoms with Crippen molar-refractivity contribution in [2.45, 2.75) is 25.0 Å². The van der Waals surface area contributed by atoms with Crippen molar-refractivity contribution in [2.75, 3.05) is 7.11 Å². The zero-order valence-electron chi connectivity index (χ0n) is 11.9. The molecule has 1 aliphatic rings. The lowest BCUT2D eigenvalue weighted by Gasteiger charge is -2.14. The van der Waals surface area contributed by atoms with E-state index in [1.54, 1.807) is 12.1 Å². The van der Waals surface area contributed by atoms with E-state index in [1.165, 1.54) is 13.2 Å². The molecule has 1 saturated carbocycles. The standard InChI is InChI=1S/C17H18FNO2/c1-20-16-10-12(4-9-15(16)18)17(19)11-2-5-13(6-3-11)21-14-7-8-14/h2-6,9-10,14,17H,7-8,19H2,1H3. The summed E-state index contributed by atoms with van der Waals surface area (Å²) in [5, 5.41) is 0. The second-order valence-electron chi connectivity index (χ2n) is 5.26. The first-order valence-electron chi connectivity index (χ1n) is 7.03. The Morgan fingerprint density at radius 3 is 2.38 bits per heavy atom. The molecule has 3 rings (SSSR count). The minimum atomic E-state index is -0.387. The van der Waals surface area contributed by atoms with E-state index in [0.29, 0.717) is 6.10 Å². The molecule has 0 radical (unpaired) electrons. The number of ether oxygens (including phenoxy) is 2. The van der Waals surface area contributed by atoms with Gasteiger partial charge in [-0.05, 0) is 48.2 Å². The van der Waals surface area contributed by atoms with Crippen LogP contribution in [0.5, 0.6) is 11.5 Å². The van der Waals surface area contributed by atoms with Crippen LogP contribution in [-0.4, -0.2) is 13.2 Å². The third kappa shape index (κ3) is 3.16. The fourth-order valence-corrected chi connectivity index (χ4v) is 2.19. The van der Waals surface area contributed by atoms with Gasteiger partial charge in [0.25, 0.3) is 0 Å². The van der Waals surface area contributed by atoms with E-state index in [1.807, 2.05) is 24.3 Å². The van der Waals surface area contributed by atoms with Crippen molar-refractivity contribution in [3.8, 4) is 11.5 Å². The largest absolute Gasteiger partial charge is 0.494 e. The first-order chi connectivity index (χ1) is 10.2. The Bertz CT molecular complexity index is 623. The average Bonchev–Trinajstić information content (AvgIpc) is 3.32. The molecule has 1 unspecified atom stereocenters. The number of nitrogens with two attached hydrogens (primary N) is 1. The zero-order chi connectivity index (χ0) is 14.8. The van der Waals surface area contributed by atoms with Gasteiger partial charge in [-0.2, -0.15) is 0 Å². The summed E-state index contributed by atoms with van der Waals surface area (Å²) in [4.78, 5) is 0. The van der Waals surface area contributed by atoms with Crippen LogP contribution in [0.3, 0.4) is 0 Å². The van der Waals surface area contributed by atoms with Gasteiger partial charge >= 0.3 is 0 Å². The maximum Gasteiger partial charge on any atom is 0.165 e. The van der Waals surface area contributed by atoms with Crippen LogP contribution in [0.1, 0.15) is 30.0 Å². The molecule has 3 nitrogen and oxygen atoms in total. The van der Waals surface area contributed by atoms with Gasteiger partial charge in [-0.3, -0.25) is 0 Å². The summed E-state index contributed by atoms with van der Waals surface area (Å²) in [5.41, 5.74) is 7.99. The molecule has 1 fully saturated rings. The van der Waals surface area contributed by atoms with Crippen molar-refractivity contribution in [3.63, 3.8) is 0 Å². The van der Waals surface area contributed by atoms with Gasteiger partial charge < -0.3 is 15.2 Å². The number of rotatable bonds is 5. The average molecular weight is 287 g/mol. The minimum Gasteiger partial charge on any atom is -0.494 e. The molecule has 0 heterocycles. The van der Waals surface area contributed by atoms with Gasteiger partial charge in [0.05, 0.1) is 19.3 Å². The van der Waals surface area contributed by atoms with Crippen LogP contribution < -0.4 is 15.2 Å². The summed E-state index contributed by atoms with van der Waals surface area (Å²) in [6.07, 6.45) is 2.65. The summed E-state index contributed by atoms with van der Waals surface area (Å²) in [6.45, 7) is 0. The summed E-state index contributed by atoms with van der Waals surface area (Å²) >= 11 is 0. The van der Waals surface area contributed by atoms with E-state index in [-0.39, 0.29) is 17.6 Å². The molecule has 0 spiro atoms. The number of benzene rings is 2. The maximum absolute atomic E-state index is 13.4. The Morgan fingerprint density at radius 2 is 1.76 bits per heavy atom. The van der Waals surface area contributed by atoms with E-state index in [0.717, 1.165) is 29.7 Å². The molecule has 2 aromatic carbocycles. The minimum absolute atomic E-state index is 0.205. The fourth-order valence-electron chi connectivity index (χ4n) is 2.19. The quantitative estimate of drug-likeness (QED) is 0.916. The Balaban J connectivity index is 1.78. The number of methoxy groups -OCH3 is 1. The summed E-state index contributed by atoms with van der Waals surface area (Å²) in [6, 6.07) is 12.1. The molecule has 0 aliphatic heterocycles. The third-order valence-corrected chi connectivity index (χ3v) is 3.60. The van der Waals surface area contributed by atoms with Gasteiger partial charge in [-0.15, -0.1) is 0 Å². The van der Waals surface area contributed by atoms with E-state index in [9.17, 15) is 4.39 Å². The Morgan fingerprint density at radius 1 is 1.10 bits per heavy atom. The number of halogens is 1. The fraction of sp³-hybridized carbons (Fsp3) is 0.294. The van der Waals surface area contributed by atoms with E-state index >= 15 is 0 Å². The third-order valence-electron chi connectivity index (χ3n) is 3.60. The highest BCUT2D eigenvalue weighted by Gasteiger charge is 2.23. The second kappa shape index (κ2) is 5.74. The molecule has 2 N–H and O–H groups in total. The predicted octanol–water partition coefficient (Wildman–Crippen LogP) is 3.42.